The summed E-state index contributed by atoms with van der Waals surface area (Å²) in [4.78, 5) is 0. The molecule has 3 rings (SSSR count). The first kappa shape index (κ1) is 14.0. The second-order valence-electron chi connectivity index (χ2n) is 6.60. The van der Waals surface area contributed by atoms with Crippen LogP contribution in [0, 0.1) is 12.3 Å². The molecule has 0 saturated heterocycles. The predicted molar refractivity (Wildman–Crippen MR) is 83.6 cm³/mol. The molecule has 21 heavy (non-hydrogen) atoms. The lowest BCUT2D eigenvalue weighted by Crippen LogP contribution is -2.27. The molecule has 1 aromatic heterocycles. The molecule has 2 aromatic rings. The highest BCUT2D eigenvalue weighted by molar-refractivity contribution is 5.63. The number of nitrogen functional groups attached to an aromatic ring is 1. The van der Waals surface area contributed by atoms with Crippen molar-refractivity contribution in [2.45, 2.75) is 52.5 Å². The molecule has 1 heterocycles. The first-order valence-corrected chi connectivity index (χ1v) is 7.70. The molecule has 0 radical (unpaired) electrons. The zero-order valence-electron chi connectivity index (χ0n) is 12.8. The molecule has 0 bridgehead atoms. The van der Waals surface area contributed by atoms with E-state index in [1.807, 2.05) is 29.8 Å². The second-order valence-corrected chi connectivity index (χ2v) is 6.60. The van der Waals surface area contributed by atoms with E-state index in [0.717, 1.165) is 29.2 Å². The van der Waals surface area contributed by atoms with Gasteiger partial charge < -0.3 is 5.73 Å². The van der Waals surface area contributed by atoms with Gasteiger partial charge in [0, 0.05) is 11.3 Å². The number of nitrogens with two attached hydrogens (primary N) is 1. The van der Waals surface area contributed by atoms with Crippen LogP contribution in [0.4, 0.5) is 5.69 Å². The fourth-order valence-electron chi connectivity index (χ4n) is 3.22. The number of aromatic nitrogens is 4. The van der Waals surface area contributed by atoms with Crippen LogP contribution in [0.25, 0.3) is 11.4 Å². The van der Waals surface area contributed by atoms with Crippen molar-refractivity contribution in [2.75, 3.05) is 5.73 Å². The molecule has 1 saturated carbocycles. The molecule has 0 spiro atoms. The van der Waals surface area contributed by atoms with Crippen LogP contribution in [0.2, 0.25) is 0 Å². The topological polar surface area (TPSA) is 69.6 Å². The molecule has 1 aliphatic carbocycles. The van der Waals surface area contributed by atoms with Crippen LogP contribution < -0.4 is 5.73 Å². The molecule has 5 heteroatoms. The summed E-state index contributed by atoms with van der Waals surface area (Å²) >= 11 is 0. The van der Waals surface area contributed by atoms with E-state index >= 15 is 0 Å². The van der Waals surface area contributed by atoms with Crippen LogP contribution in [-0.4, -0.2) is 20.2 Å². The summed E-state index contributed by atoms with van der Waals surface area (Å²) in [6, 6.07) is 6.02. The van der Waals surface area contributed by atoms with Crippen molar-refractivity contribution in [3.05, 3.63) is 23.8 Å². The van der Waals surface area contributed by atoms with Crippen LogP contribution in [0.1, 0.15) is 44.6 Å². The normalized spacial score (nSPS) is 17.8. The van der Waals surface area contributed by atoms with Crippen LogP contribution in [-0.2, 0) is 6.54 Å². The molecule has 5 nitrogen and oxygen atoms in total. The van der Waals surface area contributed by atoms with E-state index in [1.54, 1.807) is 0 Å². The Labute approximate surface area is 125 Å². The SMILES string of the molecule is Cc1ccc(-c2nnnn2CC2(C)CCCCC2)cc1N. The van der Waals surface area contributed by atoms with Crippen molar-refractivity contribution < 1.29 is 0 Å². The van der Waals surface area contributed by atoms with Gasteiger partial charge in [0.1, 0.15) is 0 Å². The van der Waals surface area contributed by atoms with E-state index in [9.17, 15) is 0 Å². The van der Waals surface area contributed by atoms with Gasteiger partial charge in [-0.05, 0) is 47.2 Å². The Morgan fingerprint density at radius 3 is 2.71 bits per heavy atom. The van der Waals surface area contributed by atoms with E-state index in [1.165, 1.54) is 32.1 Å². The lowest BCUT2D eigenvalue weighted by atomic mass is 9.76. The quantitative estimate of drug-likeness (QED) is 0.879. The summed E-state index contributed by atoms with van der Waals surface area (Å²) in [6.07, 6.45) is 6.48. The fourth-order valence-corrected chi connectivity index (χ4v) is 3.22. The first-order valence-electron chi connectivity index (χ1n) is 7.70. The molecule has 0 amide bonds. The largest absolute Gasteiger partial charge is 0.398 e. The van der Waals surface area contributed by atoms with Gasteiger partial charge in [0.15, 0.2) is 5.82 Å². The average molecular weight is 285 g/mol. The minimum absolute atomic E-state index is 0.304. The number of hydrogen-bond donors (Lipinski definition) is 1. The predicted octanol–water partition coefficient (Wildman–Crippen LogP) is 3.20. The van der Waals surface area contributed by atoms with E-state index < -0.39 is 0 Å². The highest BCUT2D eigenvalue weighted by Crippen LogP contribution is 2.37. The highest BCUT2D eigenvalue weighted by Gasteiger charge is 2.29. The molecule has 0 atom stereocenters. The summed E-state index contributed by atoms with van der Waals surface area (Å²) in [7, 11) is 0. The van der Waals surface area contributed by atoms with Crippen molar-refractivity contribution in [3.63, 3.8) is 0 Å². The van der Waals surface area contributed by atoms with Gasteiger partial charge in [-0.2, -0.15) is 0 Å². The maximum absolute atomic E-state index is 6.01. The molecule has 0 aliphatic heterocycles. The van der Waals surface area contributed by atoms with Crippen LogP contribution in [0.15, 0.2) is 18.2 Å². The fraction of sp³-hybridized carbons (Fsp3) is 0.562. The third-order valence-corrected chi connectivity index (χ3v) is 4.66. The lowest BCUT2D eigenvalue weighted by molar-refractivity contribution is 0.175. The third-order valence-electron chi connectivity index (χ3n) is 4.66. The Hall–Kier alpha value is -1.91. The molecule has 112 valence electrons. The van der Waals surface area contributed by atoms with Crippen molar-refractivity contribution >= 4 is 5.69 Å². The molecular weight excluding hydrogens is 262 g/mol. The Kier molecular flexibility index (Phi) is 3.66. The summed E-state index contributed by atoms with van der Waals surface area (Å²) in [5.74, 6) is 0.813. The average Bonchev–Trinajstić information content (AvgIpc) is 2.90. The van der Waals surface area contributed by atoms with E-state index in [4.69, 9.17) is 5.73 Å². The number of tetrazole rings is 1. The number of anilines is 1. The number of benzene rings is 1. The van der Waals surface area contributed by atoms with Gasteiger partial charge in [-0.15, -0.1) is 5.10 Å². The smallest absolute Gasteiger partial charge is 0.182 e. The van der Waals surface area contributed by atoms with Crippen LogP contribution >= 0.6 is 0 Å². The van der Waals surface area contributed by atoms with Gasteiger partial charge in [0.25, 0.3) is 0 Å². The van der Waals surface area contributed by atoms with Crippen molar-refractivity contribution in [1.82, 2.24) is 20.2 Å². The van der Waals surface area contributed by atoms with Gasteiger partial charge >= 0.3 is 0 Å². The Morgan fingerprint density at radius 2 is 2.00 bits per heavy atom. The summed E-state index contributed by atoms with van der Waals surface area (Å²) < 4.78 is 1.94. The Balaban J connectivity index is 1.88. The minimum atomic E-state index is 0.304. The maximum Gasteiger partial charge on any atom is 0.182 e. The molecular formula is C16H23N5. The van der Waals surface area contributed by atoms with Gasteiger partial charge in [-0.25, -0.2) is 4.68 Å². The monoisotopic (exact) mass is 285 g/mol. The van der Waals surface area contributed by atoms with Gasteiger partial charge in [0.2, 0.25) is 0 Å². The zero-order chi connectivity index (χ0) is 14.9. The van der Waals surface area contributed by atoms with E-state index in [0.29, 0.717) is 5.41 Å². The molecule has 1 aromatic carbocycles. The van der Waals surface area contributed by atoms with Crippen LogP contribution in [0.3, 0.4) is 0 Å². The third kappa shape index (κ3) is 2.91. The summed E-state index contributed by atoms with van der Waals surface area (Å²) in [5.41, 5.74) is 9.17. The molecule has 0 unspecified atom stereocenters. The van der Waals surface area contributed by atoms with Crippen molar-refractivity contribution in [1.29, 1.82) is 0 Å². The minimum Gasteiger partial charge on any atom is -0.398 e. The van der Waals surface area contributed by atoms with Crippen LogP contribution in [0.5, 0.6) is 0 Å². The molecule has 1 aliphatic rings. The first-order chi connectivity index (χ1) is 10.1. The number of aryl methyl sites for hydroxylation is 1. The zero-order valence-corrected chi connectivity index (χ0v) is 12.8. The molecule has 2 N–H and O–H groups in total. The standard InChI is InChI=1S/C16H23N5/c1-12-6-7-13(10-14(12)17)15-18-19-20-21(15)11-16(2)8-4-3-5-9-16/h6-7,10H,3-5,8-9,11,17H2,1-2H3. The second kappa shape index (κ2) is 5.47. The maximum atomic E-state index is 6.01. The van der Waals surface area contributed by atoms with Crippen molar-refractivity contribution in [3.8, 4) is 11.4 Å². The summed E-state index contributed by atoms with van der Waals surface area (Å²) in [5, 5.41) is 12.3. The number of rotatable bonds is 3. The Morgan fingerprint density at radius 1 is 1.24 bits per heavy atom. The Bertz CT molecular complexity index is 625. The summed E-state index contributed by atoms with van der Waals surface area (Å²) in [6.45, 7) is 5.23. The number of nitrogens with zero attached hydrogens (tertiary/aromatic N) is 4. The van der Waals surface area contributed by atoms with Gasteiger partial charge in [-0.3, -0.25) is 0 Å². The molecule has 1 fully saturated rings. The van der Waals surface area contributed by atoms with Crippen molar-refractivity contribution in [2.24, 2.45) is 5.41 Å². The number of hydrogen-bond acceptors (Lipinski definition) is 4. The van der Waals surface area contributed by atoms with E-state index in [-0.39, 0.29) is 0 Å². The van der Waals surface area contributed by atoms with Gasteiger partial charge in [0.05, 0.1) is 6.54 Å². The lowest BCUT2D eigenvalue weighted by Gasteiger charge is -2.33. The van der Waals surface area contributed by atoms with E-state index in [2.05, 4.69) is 22.4 Å². The van der Waals surface area contributed by atoms with Gasteiger partial charge in [-0.1, -0.05) is 38.3 Å². The highest BCUT2D eigenvalue weighted by atomic mass is 15.5.